The van der Waals surface area contributed by atoms with Crippen LogP contribution in [0.4, 0.5) is 0 Å². The van der Waals surface area contributed by atoms with Crippen LogP contribution in [0.5, 0.6) is 11.6 Å². The average Bonchev–Trinajstić information content (AvgIpc) is 3.00. The molecule has 0 amide bonds. The summed E-state index contributed by atoms with van der Waals surface area (Å²) in [6.45, 7) is 0.431. The second-order valence-corrected chi connectivity index (χ2v) is 7.29. The van der Waals surface area contributed by atoms with Gasteiger partial charge in [-0.1, -0.05) is 60.7 Å². The second-order valence-electron chi connectivity index (χ2n) is 7.29. The van der Waals surface area contributed by atoms with E-state index in [2.05, 4.69) is 0 Å². The van der Waals surface area contributed by atoms with E-state index < -0.39 is 5.97 Å². The molecule has 0 unspecified atom stereocenters. The molecule has 1 aromatic heterocycles. The molecule has 0 aliphatic carbocycles. The number of aliphatic carboxylic acids is 1. The molecule has 0 saturated heterocycles. The van der Waals surface area contributed by atoms with Crippen LogP contribution in [0.1, 0.15) is 22.3 Å². The molecule has 152 valence electrons. The van der Waals surface area contributed by atoms with E-state index in [4.69, 9.17) is 4.74 Å². The fourth-order valence-electron chi connectivity index (χ4n) is 3.92. The van der Waals surface area contributed by atoms with Gasteiger partial charge in [0.1, 0.15) is 5.75 Å². The smallest absolute Gasteiger partial charge is 0.308 e. The third-order valence-electron chi connectivity index (χ3n) is 5.28. The topological polar surface area (TPSA) is 71.7 Å². The number of carbonyl (C=O) groups is 1. The lowest BCUT2D eigenvalue weighted by Gasteiger charge is -2.11. The highest BCUT2D eigenvalue weighted by molar-refractivity contribution is 5.94. The highest BCUT2D eigenvalue weighted by Crippen LogP contribution is 2.38. The molecular formula is C25H23NO4. The molecule has 2 N–H and O–H groups in total. The van der Waals surface area contributed by atoms with Crippen LogP contribution in [0.25, 0.3) is 10.9 Å². The minimum atomic E-state index is -0.981. The Morgan fingerprint density at radius 3 is 2.20 bits per heavy atom. The van der Waals surface area contributed by atoms with E-state index in [1.54, 1.807) is 11.7 Å². The van der Waals surface area contributed by atoms with Gasteiger partial charge in [0, 0.05) is 17.0 Å². The molecule has 30 heavy (non-hydrogen) atoms. The fourth-order valence-corrected chi connectivity index (χ4v) is 3.92. The van der Waals surface area contributed by atoms with Crippen molar-refractivity contribution >= 4 is 16.9 Å². The lowest BCUT2D eigenvalue weighted by Crippen LogP contribution is -2.02. The third-order valence-corrected chi connectivity index (χ3v) is 5.28. The van der Waals surface area contributed by atoms with Crippen LogP contribution in [0.15, 0.2) is 72.8 Å². The Bertz CT molecular complexity index is 1180. The van der Waals surface area contributed by atoms with Crippen molar-refractivity contribution in [1.29, 1.82) is 0 Å². The van der Waals surface area contributed by atoms with Crippen LogP contribution in [-0.2, 0) is 24.2 Å². The van der Waals surface area contributed by atoms with Crippen molar-refractivity contribution in [3.63, 3.8) is 0 Å². The first-order valence-corrected chi connectivity index (χ1v) is 9.77. The number of benzene rings is 3. The van der Waals surface area contributed by atoms with Crippen molar-refractivity contribution in [1.82, 2.24) is 4.57 Å². The molecule has 0 saturated carbocycles. The van der Waals surface area contributed by atoms with E-state index in [9.17, 15) is 15.0 Å². The molecule has 0 spiro atoms. The van der Waals surface area contributed by atoms with Crippen LogP contribution in [0.3, 0.4) is 0 Å². The van der Waals surface area contributed by atoms with E-state index in [0.717, 1.165) is 27.6 Å². The summed E-state index contributed by atoms with van der Waals surface area (Å²) in [4.78, 5) is 11.6. The van der Waals surface area contributed by atoms with Crippen LogP contribution in [0.2, 0.25) is 0 Å². The van der Waals surface area contributed by atoms with Crippen molar-refractivity contribution in [3.05, 3.63) is 95.1 Å². The highest BCUT2D eigenvalue weighted by atomic mass is 16.5. The molecule has 5 nitrogen and oxygen atoms in total. The summed E-state index contributed by atoms with van der Waals surface area (Å²) in [7, 11) is 1.61. The number of nitrogens with zero attached hydrogens (tertiary/aromatic N) is 1. The van der Waals surface area contributed by atoms with Crippen LogP contribution in [-0.4, -0.2) is 27.9 Å². The zero-order valence-electron chi connectivity index (χ0n) is 16.7. The Labute approximate surface area is 174 Å². The maximum absolute atomic E-state index is 11.6. The van der Waals surface area contributed by atoms with Gasteiger partial charge in [-0.2, -0.15) is 0 Å². The summed E-state index contributed by atoms with van der Waals surface area (Å²) >= 11 is 0. The van der Waals surface area contributed by atoms with Crippen molar-refractivity contribution in [2.75, 3.05) is 7.11 Å². The van der Waals surface area contributed by atoms with Gasteiger partial charge >= 0.3 is 5.97 Å². The molecule has 4 rings (SSSR count). The van der Waals surface area contributed by atoms with E-state index in [1.807, 2.05) is 72.8 Å². The van der Waals surface area contributed by atoms with Crippen molar-refractivity contribution < 1.29 is 19.7 Å². The van der Waals surface area contributed by atoms with Crippen molar-refractivity contribution in [3.8, 4) is 11.6 Å². The molecule has 0 aliphatic rings. The molecule has 0 atom stereocenters. The fraction of sp³-hybridized carbons (Fsp3) is 0.160. The predicted octanol–water partition coefficient (Wildman–Crippen LogP) is 4.62. The number of carboxylic acids is 1. The molecule has 3 aromatic carbocycles. The standard InChI is InChI=1S/C25H23NO4/c1-30-20-13-19(12-17-8-4-2-5-9-17)24-21(15-23(27)28)25(29)26(22(24)14-20)16-18-10-6-3-7-11-18/h2-11,13-14,29H,12,15-16H2,1H3,(H,27,28). The van der Waals surface area contributed by atoms with Crippen LogP contribution >= 0.6 is 0 Å². The first-order valence-electron chi connectivity index (χ1n) is 9.77. The predicted molar refractivity (Wildman–Crippen MR) is 116 cm³/mol. The number of rotatable bonds is 7. The van der Waals surface area contributed by atoms with Gasteiger partial charge in [-0.25, -0.2) is 0 Å². The number of hydrogen-bond donors (Lipinski definition) is 2. The number of hydrogen-bond acceptors (Lipinski definition) is 3. The first-order chi connectivity index (χ1) is 14.6. The Balaban J connectivity index is 1.94. The summed E-state index contributed by atoms with van der Waals surface area (Å²) < 4.78 is 7.29. The Hall–Kier alpha value is -3.73. The summed E-state index contributed by atoms with van der Waals surface area (Å²) in [5, 5.41) is 21.3. The lowest BCUT2D eigenvalue weighted by atomic mass is 9.97. The summed E-state index contributed by atoms with van der Waals surface area (Å²) in [5.41, 5.74) is 4.23. The second kappa shape index (κ2) is 8.33. The van der Waals surface area contributed by atoms with Gasteiger partial charge in [-0.05, 0) is 29.2 Å². The van der Waals surface area contributed by atoms with Gasteiger partial charge in [-0.15, -0.1) is 0 Å². The minimum absolute atomic E-state index is 0.0150. The van der Waals surface area contributed by atoms with Gasteiger partial charge in [-0.3, -0.25) is 4.79 Å². The quantitative estimate of drug-likeness (QED) is 0.474. The number of aromatic nitrogens is 1. The summed E-state index contributed by atoms with van der Waals surface area (Å²) in [6, 6.07) is 23.5. The molecule has 0 bridgehead atoms. The van der Waals surface area contributed by atoms with Gasteiger partial charge < -0.3 is 19.5 Å². The van der Waals surface area contributed by atoms with Gasteiger partial charge in [0.2, 0.25) is 0 Å². The molecule has 0 aliphatic heterocycles. The number of fused-ring (bicyclic) bond motifs is 1. The van der Waals surface area contributed by atoms with Crippen molar-refractivity contribution in [2.45, 2.75) is 19.4 Å². The minimum Gasteiger partial charge on any atom is -0.497 e. The van der Waals surface area contributed by atoms with Gasteiger partial charge in [0.05, 0.1) is 25.6 Å². The summed E-state index contributed by atoms with van der Waals surface area (Å²) in [6.07, 6.45) is 0.355. The monoisotopic (exact) mass is 401 g/mol. The molecule has 4 aromatic rings. The number of methoxy groups -OCH3 is 1. The number of carboxylic acid groups (broad SMARTS) is 1. The molecule has 5 heteroatoms. The molecule has 1 heterocycles. The third kappa shape index (κ3) is 3.87. The Morgan fingerprint density at radius 1 is 0.967 bits per heavy atom. The van der Waals surface area contributed by atoms with Gasteiger partial charge in [0.25, 0.3) is 0 Å². The van der Waals surface area contributed by atoms with E-state index in [0.29, 0.717) is 24.3 Å². The molecule has 0 radical (unpaired) electrons. The summed E-state index contributed by atoms with van der Waals surface area (Å²) in [5.74, 6) is -0.327. The molecular weight excluding hydrogens is 378 g/mol. The van der Waals surface area contributed by atoms with E-state index >= 15 is 0 Å². The number of ether oxygens (including phenoxy) is 1. The van der Waals surface area contributed by atoms with Crippen molar-refractivity contribution in [2.24, 2.45) is 0 Å². The highest BCUT2D eigenvalue weighted by Gasteiger charge is 2.22. The largest absolute Gasteiger partial charge is 0.497 e. The van der Waals surface area contributed by atoms with E-state index in [-0.39, 0.29) is 12.3 Å². The average molecular weight is 401 g/mol. The Kier molecular flexibility index (Phi) is 5.44. The zero-order chi connectivity index (χ0) is 21.1. The van der Waals surface area contributed by atoms with E-state index in [1.165, 1.54) is 0 Å². The van der Waals surface area contributed by atoms with Crippen LogP contribution in [0, 0.1) is 0 Å². The lowest BCUT2D eigenvalue weighted by molar-refractivity contribution is -0.136. The zero-order valence-corrected chi connectivity index (χ0v) is 16.7. The Morgan fingerprint density at radius 2 is 1.60 bits per heavy atom. The first kappa shape index (κ1) is 19.6. The normalized spacial score (nSPS) is 11.0. The maximum atomic E-state index is 11.6. The maximum Gasteiger partial charge on any atom is 0.308 e. The SMILES string of the molecule is COc1cc(Cc2ccccc2)c2c(CC(=O)O)c(O)n(Cc3ccccc3)c2c1. The van der Waals surface area contributed by atoms with Gasteiger partial charge in [0.15, 0.2) is 5.88 Å². The number of aromatic hydroxyl groups is 1. The van der Waals surface area contributed by atoms with Crippen LogP contribution < -0.4 is 4.74 Å². The molecule has 0 fully saturated rings.